The summed E-state index contributed by atoms with van der Waals surface area (Å²) >= 11 is 5.92. The molecule has 0 aliphatic heterocycles. The molecule has 0 aliphatic carbocycles. The van der Waals surface area contributed by atoms with Gasteiger partial charge in [-0.3, -0.25) is 0 Å². The molecule has 78 valence electrons. The molecule has 0 saturated heterocycles. The molecule has 5 heteroatoms. The Hall–Kier alpha value is -1.55. The van der Waals surface area contributed by atoms with E-state index in [4.69, 9.17) is 17.3 Å². The van der Waals surface area contributed by atoms with Crippen molar-refractivity contribution in [2.24, 2.45) is 7.05 Å². The highest BCUT2D eigenvalue weighted by atomic mass is 35.5. The summed E-state index contributed by atoms with van der Waals surface area (Å²) in [5, 5.41) is 4.87. The van der Waals surface area contributed by atoms with E-state index in [2.05, 4.69) is 10.1 Å². The van der Waals surface area contributed by atoms with Gasteiger partial charge in [-0.2, -0.15) is 4.98 Å². The lowest BCUT2D eigenvalue weighted by Crippen LogP contribution is -1.97. The molecule has 2 aromatic rings. The van der Waals surface area contributed by atoms with E-state index in [0.717, 1.165) is 11.1 Å². The fourth-order valence-electron chi connectivity index (χ4n) is 1.35. The van der Waals surface area contributed by atoms with E-state index >= 15 is 0 Å². The minimum atomic E-state index is 0.393. The Bertz CT molecular complexity index is 485. The van der Waals surface area contributed by atoms with Crippen molar-refractivity contribution in [1.29, 1.82) is 0 Å². The summed E-state index contributed by atoms with van der Waals surface area (Å²) in [6.45, 7) is 1.98. The zero-order valence-electron chi connectivity index (χ0n) is 8.53. The Balaban J connectivity index is 2.58. The maximum atomic E-state index is 5.92. The third-order valence-corrected chi connectivity index (χ3v) is 2.47. The zero-order valence-corrected chi connectivity index (χ0v) is 9.28. The molecular weight excluding hydrogens is 212 g/mol. The van der Waals surface area contributed by atoms with Gasteiger partial charge in [-0.25, -0.2) is 4.68 Å². The first-order chi connectivity index (χ1) is 7.08. The van der Waals surface area contributed by atoms with E-state index < -0.39 is 0 Å². The second kappa shape index (κ2) is 3.55. The van der Waals surface area contributed by atoms with Crippen molar-refractivity contribution < 1.29 is 0 Å². The number of halogens is 1. The van der Waals surface area contributed by atoms with E-state index in [1.165, 1.54) is 4.68 Å². The van der Waals surface area contributed by atoms with E-state index in [9.17, 15) is 0 Å². The summed E-state index contributed by atoms with van der Waals surface area (Å²) in [5.41, 5.74) is 7.61. The number of aryl methyl sites for hydroxylation is 2. The number of nitrogens with zero attached hydrogens (tertiary/aromatic N) is 3. The van der Waals surface area contributed by atoms with Crippen LogP contribution < -0.4 is 5.73 Å². The van der Waals surface area contributed by atoms with Crippen LogP contribution in [0.3, 0.4) is 0 Å². The standard InChI is InChI=1S/C10H11ClN4/c1-6-3-4-7(11)5-8(6)9-13-10(12)15(2)14-9/h3-5H,1-2H3,(H2,12,13,14). The van der Waals surface area contributed by atoms with E-state index in [0.29, 0.717) is 16.8 Å². The lowest BCUT2D eigenvalue weighted by Gasteiger charge is -2.01. The minimum absolute atomic E-state index is 0.393. The molecule has 0 unspecified atom stereocenters. The van der Waals surface area contributed by atoms with Gasteiger partial charge in [0.25, 0.3) is 0 Å². The first-order valence-corrected chi connectivity index (χ1v) is 4.89. The summed E-state index contributed by atoms with van der Waals surface area (Å²) in [6, 6.07) is 5.61. The summed E-state index contributed by atoms with van der Waals surface area (Å²) in [4.78, 5) is 4.15. The van der Waals surface area contributed by atoms with Crippen molar-refractivity contribution in [3.8, 4) is 11.4 Å². The highest BCUT2D eigenvalue weighted by molar-refractivity contribution is 6.30. The minimum Gasteiger partial charge on any atom is -0.368 e. The highest BCUT2D eigenvalue weighted by Crippen LogP contribution is 2.24. The number of hydrogen-bond acceptors (Lipinski definition) is 3. The van der Waals surface area contributed by atoms with Gasteiger partial charge in [0, 0.05) is 17.6 Å². The topological polar surface area (TPSA) is 56.7 Å². The molecule has 4 nitrogen and oxygen atoms in total. The van der Waals surface area contributed by atoms with Crippen molar-refractivity contribution in [2.75, 3.05) is 5.73 Å². The van der Waals surface area contributed by atoms with Gasteiger partial charge < -0.3 is 5.73 Å². The van der Waals surface area contributed by atoms with Crippen LogP contribution >= 0.6 is 11.6 Å². The van der Waals surface area contributed by atoms with Crippen molar-refractivity contribution in [3.05, 3.63) is 28.8 Å². The summed E-state index contributed by atoms with van der Waals surface area (Å²) in [7, 11) is 1.76. The number of hydrogen-bond donors (Lipinski definition) is 1. The smallest absolute Gasteiger partial charge is 0.218 e. The van der Waals surface area contributed by atoms with Crippen molar-refractivity contribution in [1.82, 2.24) is 14.8 Å². The van der Waals surface area contributed by atoms with Gasteiger partial charge in [0.2, 0.25) is 5.95 Å². The maximum Gasteiger partial charge on any atom is 0.218 e. The zero-order chi connectivity index (χ0) is 11.0. The fraction of sp³-hybridized carbons (Fsp3) is 0.200. The van der Waals surface area contributed by atoms with E-state index in [1.807, 2.05) is 25.1 Å². The monoisotopic (exact) mass is 222 g/mol. The number of anilines is 1. The molecular formula is C10H11ClN4. The second-order valence-electron chi connectivity index (χ2n) is 3.38. The number of nitrogens with two attached hydrogens (primary N) is 1. The lowest BCUT2D eigenvalue weighted by molar-refractivity contribution is 0.780. The molecule has 0 saturated carbocycles. The van der Waals surface area contributed by atoms with Gasteiger partial charge in [-0.15, -0.1) is 5.10 Å². The summed E-state index contributed by atoms with van der Waals surface area (Å²) < 4.78 is 1.54. The summed E-state index contributed by atoms with van der Waals surface area (Å²) in [5.74, 6) is 0.999. The maximum absolute atomic E-state index is 5.92. The molecule has 0 bridgehead atoms. The Morgan fingerprint density at radius 1 is 1.40 bits per heavy atom. The Morgan fingerprint density at radius 3 is 2.73 bits per heavy atom. The number of rotatable bonds is 1. The van der Waals surface area contributed by atoms with Gasteiger partial charge in [-0.1, -0.05) is 17.7 Å². The molecule has 2 N–H and O–H groups in total. The second-order valence-corrected chi connectivity index (χ2v) is 3.81. The van der Waals surface area contributed by atoms with Gasteiger partial charge in [0.1, 0.15) is 0 Å². The van der Waals surface area contributed by atoms with Crippen LogP contribution in [0.1, 0.15) is 5.56 Å². The largest absolute Gasteiger partial charge is 0.368 e. The van der Waals surface area contributed by atoms with E-state index in [-0.39, 0.29) is 0 Å². The van der Waals surface area contributed by atoms with Crippen LogP contribution in [0.2, 0.25) is 5.02 Å². The third-order valence-electron chi connectivity index (χ3n) is 2.24. The van der Waals surface area contributed by atoms with Crippen LogP contribution in [0.4, 0.5) is 5.95 Å². The SMILES string of the molecule is Cc1ccc(Cl)cc1-c1nc(N)n(C)n1. The van der Waals surface area contributed by atoms with Crippen LogP contribution in [0.25, 0.3) is 11.4 Å². The molecule has 0 fully saturated rings. The first-order valence-electron chi connectivity index (χ1n) is 4.51. The average molecular weight is 223 g/mol. The molecule has 0 aliphatic rings. The fourth-order valence-corrected chi connectivity index (χ4v) is 1.52. The van der Waals surface area contributed by atoms with E-state index in [1.54, 1.807) is 7.05 Å². The van der Waals surface area contributed by atoms with Crippen LogP contribution in [0.15, 0.2) is 18.2 Å². The molecule has 0 atom stereocenters. The molecule has 0 radical (unpaired) electrons. The number of aromatic nitrogens is 3. The Morgan fingerprint density at radius 2 is 2.13 bits per heavy atom. The Kier molecular flexibility index (Phi) is 2.36. The summed E-state index contributed by atoms with van der Waals surface area (Å²) in [6.07, 6.45) is 0. The van der Waals surface area contributed by atoms with Gasteiger partial charge in [0.15, 0.2) is 5.82 Å². The predicted octanol–water partition coefficient (Wildman–Crippen LogP) is 2.03. The number of nitrogen functional groups attached to an aromatic ring is 1. The quantitative estimate of drug-likeness (QED) is 0.803. The van der Waals surface area contributed by atoms with Gasteiger partial charge >= 0.3 is 0 Å². The van der Waals surface area contributed by atoms with Crippen LogP contribution in [-0.4, -0.2) is 14.8 Å². The lowest BCUT2D eigenvalue weighted by atomic mass is 10.1. The van der Waals surface area contributed by atoms with Crippen molar-refractivity contribution in [3.63, 3.8) is 0 Å². The average Bonchev–Trinajstić information content (AvgIpc) is 2.51. The first kappa shape index (κ1) is 9.98. The molecule has 0 spiro atoms. The van der Waals surface area contributed by atoms with Crippen LogP contribution in [0, 0.1) is 6.92 Å². The molecule has 15 heavy (non-hydrogen) atoms. The third kappa shape index (κ3) is 1.80. The molecule has 0 amide bonds. The normalized spacial score (nSPS) is 10.6. The molecule has 1 aromatic carbocycles. The molecule has 1 heterocycles. The molecule has 1 aromatic heterocycles. The number of benzene rings is 1. The molecule has 2 rings (SSSR count). The van der Waals surface area contributed by atoms with Crippen LogP contribution in [0.5, 0.6) is 0 Å². The van der Waals surface area contributed by atoms with Crippen LogP contribution in [-0.2, 0) is 7.05 Å². The van der Waals surface area contributed by atoms with Gasteiger partial charge in [-0.05, 0) is 24.6 Å². The Labute approximate surface area is 92.7 Å². The van der Waals surface area contributed by atoms with Gasteiger partial charge in [0.05, 0.1) is 0 Å². The van der Waals surface area contributed by atoms with Crippen molar-refractivity contribution >= 4 is 17.5 Å². The van der Waals surface area contributed by atoms with Crippen molar-refractivity contribution in [2.45, 2.75) is 6.92 Å². The predicted molar refractivity (Wildman–Crippen MR) is 60.6 cm³/mol. The highest BCUT2D eigenvalue weighted by Gasteiger charge is 2.09.